The minimum absolute atomic E-state index is 0.269. The molecule has 2 aromatic carbocycles. The van der Waals surface area contributed by atoms with Crippen molar-refractivity contribution in [1.82, 2.24) is 0 Å². The average Bonchev–Trinajstić information content (AvgIpc) is 2.72. The van der Waals surface area contributed by atoms with Crippen LogP contribution in [-0.2, 0) is 12.8 Å². The molecule has 1 fully saturated rings. The van der Waals surface area contributed by atoms with Crippen LogP contribution >= 0.6 is 0 Å². The molecule has 3 rings (SSSR count). The van der Waals surface area contributed by atoms with Gasteiger partial charge in [-0.05, 0) is 84.6 Å². The van der Waals surface area contributed by atoms with Crippen LogP contribution in [0, 0.1) is 5.92 Å². The molecule has 1 nitrogen and oxygen atoms in total. The minimum atomic E-state index is 0.269. The Morgan fingerprint density at radius 1 is 0.923 bits per heavy atom. The van der Waals surface area contributed by atoms with Crippen LogP contribution in [0.4, 0.5) is 0 Å². The molecule has 0 atom stereocenters. The smallest absolute Gasteiger partial charge is 0.0434 e. The van der Waals surface area contributed by atoms with Gasteiger partial charge in [0.05, 0.1) is 0 Å². The first kappa shape index (κ1) is 19.2. The van der Waals surface area contributed by atoms with Crippen LogP contribution in [0.2, 0.25) is 0 Å². The molecule has 140 valence electrons. The summed E-state index contributed by atoms with van der Waals surface area (Å²) in [6.45, 7) is 4.83. The molecule has 26 heavy (non-hydrogen) atoms. The Labute approximate surface area is 159 Å². The molecular weight excluding hydrogens is 316 g/mol. The van der Waals surface area contributed by atoms with Gasteiger partial charge in [0.2, 0.25) is 0 Å². The van der Waals surface area contributed by atoms with E-state index in [1.807, 2.05) is 0 Å². The lowest BCUT2D eigenvalue weighted by Gasteiger charge is -2.28. The van der Waals surface area contributed by atoms with Crippen molar-refractivity contribution < 1.29 is 5.11 Å². The van der Waals surface area contributed by atoms with E-state index in [-0.39, 0.29) is 6.61 Å². The highest BCUT2D eigenvalue weighted by Crippen LogP contribution is 2.37. The van der Waals surface area contributed by atoms with E-state index in [0.717, 1.165) is 31.1 Å². The zero-order chi connectivity index (χ0) is 18.4. The van der Waals surface area contributed by atoms with Gasteiger partial charge in [-0.2, -0.15) is 0 Å². The normalized spacial score (nSPS) is 20.3. The first-order chi connectivity index (χ1) is 12.7. The molecule has 0 aliphatic heterocycles. The van der Waals surface area contributed by atoms with E-state index in [2.05, 4.69) is 56.3 Å². The molecule has 0 bridgehead atoms. The Hall–Kier alpha value is -1.60. The van der Waals surface area contributed by atoms with Crippen LogP contribution in [0.1, 0.15) is 75.0 Å². The highest BCUT2D eigenvalue weighted by molar-refractivity contribution is 5.68. The van der Waals surface area contributed by atoms with Crippen molar-refractivity contribution in [3.05, 3.63) is 59.2 Å². The van der Waals surface area contributed by atoms with Crippen molar-refractivity contribution in [2.45, 2.75) is 71.1 Å². The predicted octanol–water partition coefficient (Wildman–Crippen LogP) is 6.52. The minimum Gasteiger partial charge on any atom is -0.396 e. The monoisotopic (exact) mass is 350 g/mol. The summed E-state index contributed by atoms with van der Waals surface area (Å²) in [5.41, 5.74) is 6.98. The number of benzene rings is 2. The van der Waals surface area contributed by atoms with E-state index >= 15 is 0 Å². The molecule has 0 aromatic heterocycles. The molecule has 0 heterocycles. The van der Waals surface area contributed by atoms with Crippen LogP contribution in [0.3, 0.4) is 0 Å². The van der Waals surface area contributed by atoms with Crippen LogP contribution in [-0.4, -0.2) is 11.7 Å². The number of hydrogen-bond donors (Lipinski definition) is 1. The zero-order valence-corrected chi connectivity index (χ0v) is 16.5. The lowest BCUT2D eigenvalue weighted by molar-refractivity contribution is 0.288. The standard InChI is InChI=1S/C25H34O/c1-3-19-7-10-22(11-8-19)23-12-14-24(15-13-23)25-16-9-20(6-5-17-26)18-21(25)4-2/h9,12-16,18-19,22,26H,3-8,10-11,17H2,1-2H3. The molecule has 1 heteroatoms. The Balaban J connectivity index is 1.74. The average molecular weight is 351 g/mol. The molecule has 0 spiro atoms. The summed E-state index contributed by atoms with van der Waals surface area (Å²) in [5, 5.41) is 9.05. The summed E-state index contributed by atoms with van der Waals surface area (Å²) < 4.78 is 0. The Bertz CT molecular complexity index is 678. The summed E-state index contributed by atoms with van der Waals surface area (Å²) in [7, 11) is 0. The zero-order valence-electron chi connectivity index (χ0n) is 16.5. The van der Waals surface area contributed by atoms with Gasteiger partial charge in [0.1, 0.15) is 0 Å². The fraction of sp³-hybridized carbons (Fsp3) is 0.520. The van der Waals surface area contributed by atoms with Gasteiger partial charge in [-0.15, -0.1) is 0 Å². The molecule has 0 unspecified atom stereocenters. The van der Waals surface area contributed by atoms with E-state index in [4.69, 9.17) is 5.11 Å². The van der Waals surface area contributed by atoms with Crippen LogP contribution < -0.4 is 0 Å². The molecule has 0 amide bonds. The van der Waals surface area contributed by atoms with Crippen molar-refractivity contribution in [3.63, 3.8) is 0 Å². The largest absolute Gasteiger partial charge is 0.396 e. The second-order valence-electron chi connectivity index (χ2n) is 7.92. The Morgan fingerprint density at radius 2 is 1.65 bits per heavy atom. The van der Waals surface area contributed by atoms with Gasteiger partial charge in [-0.1, -0.05) is 62.7 Å². The van der Waals surface area contributed by atoms with Crippen LogP contribution in [0.25, 0.3) is 11.1 Å². The topological polar surface area (TPSA) is 20.2 Å². The number of hydrogen-bond acceptors (Lipinski definition) is 1. The molecule has 1 aliphatic carbocycles. The molecule has 1 aliphatic rings. The molecule has 0 radical (unpaired) electrons. The molecule has 0 saturated heterocycles. The number of aryl methyl sites for hydroxylation is 2. The predicted molar refractivity (Wildman–Crippen MR) is 112 cm³/mol. The van der Waals surface area contributed by atoms with Gasteiger partial charge in [-0.25, -0.2) is 0 Å². The fourth-order valence-electron chi connectivity index (χ4n) is 4.50. The van der Waals surface area contributed by atoms with Gasteiger partial charge in [0.15, 0.2) is 0 Å². The third-order valence-electron chi connectivity index (χ3n) is 6.29. The lowest BCUT2D eigenvalue weighted by Crippen LogP contribution is -2.12. The molecule has 1 saturated carbocycles. The number of aliphatic hydroxyl groups is 1. The maximum absolute atomic E-state index is 9.05. The highest BCUT2D eigenvalue weighted by Gasteiger charge is 2.21. The number of aliphatic hydroxyl groups excluding tert-OH is 1. The number of rotatable bonds is 7. The second-order valence-corrected chi connectivity index (χ2v) is 7.92. The molecule has 2 aromatic rings. The van der Waals surface area contributed by atoms with Gasteiger partial charge >= 0.3 is 0 Å². The first-order valence-corrected chi connectivity index (χ1v) is 10.6. The van der Waals surface area contributed by atoms with Crippen molar-refractivity contribution in [3.8, 4) is 11.1 Å². The highest BCUT2D eigenvalue weighted by atomic mass is 16.2. The van der Waals surface area contributed by atoms with E-state index in [0.29, 0.717) is 0 Å². The van der Waals surface area contributed by atoms with Gasteiger partial charge < -0.3 is 5.11 Å². The summed E-state index contributed by atoms with van der Waals surface area (Å²) in [6.07, 6.45) is 9.72. The van der Waals surface area contributed by atoms with Gasteiger partial charge in [0, 0.05) is 6.61 Å². The summed E-state index contributed by atoms with van der Waals surface area (Å²) in [4.78, 5) is 0. The summed E-state index contributed by atoms with van der Waals surface area (Å²) in [6, 6.07) is 16.2. The fourth-order valence-corrected chi connectivity index (χ4v) is 4.50. The van der Waals surface area contributed by atoms with Crippen molar-refractivity contribution in [2.24, 2.45) is 5.92 Å². The van der Waals surface area contributed by atoms with E-state index in [1.165, 1.54) is 59.9 Å². The van der Waals surface area contributed by atoms with Crippen molar-refractivity contribution in [1.29, 1.82) is 0 Å². The maximum atomic E-state index is 9.05. The van der Waals surface area contributed by atoms with E-state index < -0.39 is 0 Å². The Morgan fingerprint density at radius 3 is 2.27 bits per heavy atom. The quantitative estimate of drug-likeness (QED) is 0.602. The summed E-state index contributed by atoms with van der Waals surface area (Å²) in [5.74, 6) is 1.72. The second kappa shape index (κ2) is 9.37. The van der Waals surface area contributed by atoms with E-state index in [9.17, 15) is 0 Å². The Kier molecular flexibility index (Phi) is 6.91. The van der Waals surface area contributed by atoms with Crippen LogP contribution in [0.15, 0.2) is 42.5 Å². The van der Waals surface area contributed by atoms with Crippen molar-refractivity contribution in [2.75, 3.05) is 6.61 Å². The lowest BCUT2D eigenvalue weighted by atomic mass is 9.77. The molecule has 1 N–H and O–H groups in total. The SMILES string of the molecule is CCc1cc(CCCO)ccc1-c1ccc(C2CCC(CC)CC2)cc1. The third kappa shape index (κ3) is 4.57. The molecular formula is C25H34O. The first-order valence-electron chi connectivity index (χ1n) is 10.6. The van der Waals surface area contributed by atoms with Gasteiger partial charge in [0.25, 0.3) is 0 Å². The summed E-state index contributed by atoms with van der Waals surface area (Å²) >= 11 is 0. The van der Waals surface area contributed by atoms with Gasteiger partial charge in [-0.3, -0.25) is 0 Å². The van der Waals surface area contributed by atoms with Crippen LogP contribution in [0.5, 0.6) is 0 Å². The maximum Gasteiger partial charge on any atom is 0.0434 e. The third-order valence-corrected chi connectivity index (χ3v) is 6.29. The van der Waals surface area contributed by atoms with Crippen molar-refractivity contribution >= 4 is 0 Å². The van der Waals surface area contributed by atoms with E-state index in [1.54, 1.807) is 0 Å².